The molecule has 98 valence electrons. The van der Waals surface area contributed by atoms with Crippen LogP contribution in [0.25, 0.3) is 0 Å². The maximum Gasteiger partial charge on any atom is 0.218 e. The zero-order chi connectivity index (χ0) is 13.0. The summed E-state index contributed by atoms with van der Waals surface area (Å²) in [7, 11) is 0. The van der Waals surface area contributed by atoms with Crippen molar-refractivity contribution in [1.82, 2.24) is 4.98 Å². The molecule has 0 saturated carbocycles. The third-order valence-electron chi connectivity index (χ3n) is 3.17. The Balaban J connectivity index is 2.14. The van der Waals surface area contributed by atoms with Gasteiger partial charge in [0, 0.05) is 19.4 Å². The van der Waals surface area contributed by atoms with Gasteiger partial charge in [0.05, 0.1) is 11.6 Å². The number of aryl methyl sites for hydroxylation is 1. The van der Waals surface area contributed by atoms with Gasteiger partial charge in [0.15, 0.2) is 5.78 Å². The minimum atomic E-state index is -0.752. The summed E-state index contributed by atoms with van der Waals surface area (Å²) >= 11 is 0. The van der Waals surface area contributed by atoms with Crippen molar-refractivity contribution in [3.8, 4) is 0 Å². The van der Waals surface area contributed by atoms with Gasteiger partial charge in [-0.2, -0.15) is 0 Å². The molecule has 0 bridgehead atoms. The molecule has 4 nitrogen and oxygen atoms in total. The van der Waals surface area contributed by atoms with Crippen LogP contribution in [0.1, 0.15) is 37.4 Å². The summed E-state index contributed by atoms with van der Waals surface area (Å²) < 4.78 is 10.7. The Labute approximate surface area is 107 Å². The molecule has 2 rings (SSSR count). The SMILES string of the molecule is CCOC(OCC)C(=O)C1CCc2cccnc21. The maximum absolute atomic E-state index is 12.4. The molecule has 4 heteroatoms. The fourth-order valence-corrected chi connectivity index (χ4v) is 2.37. The van der Waals surface area contributed by atoms with Crippen molar-refractivity contribution in [2.45, 2.75) is 38.9 Å². The molecule has 0 radical (unpaired) electrons. The number of hydrogen-bond donors (Lipinski definition) is 0. The predicted molar refractivity (Wildman–Crippen MR) is 67.3 cm³/mol. The summed E-state index contributed by atoms with van der Waals surface area (Å²) in [4.78, 5) is 16.7. The predicted octanol–water partition coefficient (Wildman–Crippen LogP) is 2.08. The quantitative estimate of drug-likeness (QED) is 0.724. The second kappa shape index (κ2) is 6.07. The minimum absolute atomic E-state index is 0.00356. The first kappa shape index (κ1) is 13.2. The number of fused-ring (bicyclic) bond motifs is 1. The van der Waals surface area contributed by atoms with Gasteiger partial charge in [-0.15, -0.1) is 0 Å². The highest BCUT2D eigenvalue weighted by atomic mass is 16.7. The summed E-state index contributed by atoms with van der Waals surface area (Å²) in [6.45, 7) is 4.66. The van der Waals surface area contributed by atoms with Crippen LogP contribution in [0, 0.1) is 0 Å². The molecule has 1 aromatic rings. The van der Waals surface area contributed by atoms with Crippen molar-refractivity contribution in [3.05, 3.63) is 29.6 Å². The molecular formula is C14H19NO3. The first-order valence-corrected chi connectivity index (χ1v) is 6.48. The number of hydrogen-bond acceptors (Lipinski definition) is 4. The van der Waals surface area contributed by atoms with Gasteiger partial charge in [0.1, 0.15) is 0 Å². The summed E-state index contributed by atoms with van der Waals surface area (Å²) in [5, 5.41) is 0. The van der Waals surface area contributed by atoms with E-state index in [-0.39, 0.29) is 11.7 Å². The lowest BCUT2D eigenvalue weighted by atomic mass is 10.0. The Bertz CT molecular complexity index is 413. The van der Waals surface area contributed by atoms with E-state index < -0.39 is 6.29 Å². The molecule has 1 unspecified atom stereocenters. The Morgan fingerprint density at radius 3 is 2.83 bits per heavy atom. The number of pyridine rings is 1. The molecule has 0 saturated heterocycles. The molecule has 18 heavy (non-hydrogen) atoms. The van der Waals surface area contributed by atoms with E-state index in [0.29, 0.717) is 13.2 Å². The van der Waals surface area contributed by atoms with Crippen molar-refractivity contribution in [2.24, 2.45) is 0 Å². The van der Waals surface area contributed by atoms with Crippen LogP contribution in [-0.2, 0) is 20.7 Å². The van der Waals surface area contributed by atoms with E-state index in [2.05, 4.69) is 4.98 Å². The zero-order valence-corrected chi connectivity index (χ0v) is 10.9. The van der Waals surface area contributed by atoms with Crippen LogP contribution < -0.4 is 0 Å². The highest BCUT2D eigenvalue weighted by Crippen LogP contribution is 2.33. The molecule has 1 aromatic heterocycles. The Hall–Kier alpha value is -1.26. The van der Waals surface area contributed by atoms with Crippen LogP contribution in [-0.4, -0.2) is 30.3 Å². The molecule has 0 aromatic carbocycles. The summed E-state index contributed by atoms with van der Waals surface area (Å²) in [5.74, 6) is -0.180. The van der Waals surface area contributed by atoms with E-state index in [4.69, 9.17) is 9.47 Å². The van der Waals surface area contributed by atoms with E-state index in [0.717, 1.165) is 18.5 Å². The van der Waals surface area contributed by atoms with Gasteiger partial charge in [0.25, 0.3) is 0 Å². The molecular weight excluding hydrogens is 230 g/mol. The summed E-state index contributed by atoms with van der Waals surface area (Å²) in [5.41, 5.74) is 2.06. The lowest BCUT2D eigenvalue weighted by molar-refractivity contribution is -0.169. The third kappa shape index (κ3) is 2.60. The maximum atomic E-state index is 12.4. The molecule has 1 aliphatic carbocycles. The van der Waals surface area contributed by atoms with Gasteiger partial charge in [-0.1, -0.05) is 6.07 Å². The summed E-state index contributed by atoms with van der Waals surface area (Å²) in [6.07, 6.45) is 2.70. The number of ether oxygens (including phenoxy) is 2. The van der Waals surface area contributed by atoms with Gasteiger partial charge in [-0.05, 0) is 38.3 Å². The molecule has 1 aliphatic rings. The number of ketones is 1. The number of Topliss-reactive ketones (excluding diaryl/α,β-unsaturated/α-hetero) is 1. The minimum Gasteiger partial charge on any atom is -0.346 e. The van der Waals surface area contributed by atoms with Crippen LogP contribution in [0.2, 0.25) is 0 Å². The molecule has 1 heterocycles. The number of carbonyl (C=O) groups excluding carboxylic acids is 1. The molecule has 0 amide bonds. The Morgan fingerprint density at radius 2 is 2.17 bits per heavy atom. The average molecular weight is 249 g/mol. The number of nitrogens with zero attached hydrogens (tertiary/aromatic N) is 1. The first-order chi connectivity index (χ1) is 8.77. The van der Waals surface area contributed by atoms with Crippen LogP contribution in [0.3, 0.4) is 0 Å². The van der Waals surface area contributed by atoms with E-state index in [9.17, 15) is 4.79 Å². The second-order valence-electron chi connectivity index (χ2n) is 4.28. The van der Waals surface area contributed by atoms with Crippen LogP contribution in [0.5, 0.6) is 0 Å². The monoisotopic (exact) mass is 249 g/mol. The molecule has 0 spiro atoms. The van der Waals surface area contributed by atoms with Gasteiger partial charge >= 0.3 is 0 Å². The van der Waals surface area contributed by atoms with Gasteiger partial charge in [0.2, 0.25) is 6.29 Å². The van der Waals surface area contributed by atoms with Crippen LogP contribution in [0.4, 0.5) is 0 Å². The van der Waals surface area contributed by atoms with E-state index in [1.807, 2.05) is 26.0 Å². The van der Waals surface area contributed by atoms with E-state index >= 15 is 0 Å². The number of rotatable bonds is 6. The highest BCUT2D eigenvalue weighted by Gasteiger charge is 2.34. The fraction of sp³-hybridized carbons (Fsp3) is 0.571. The Morgan fingerprint density at radius 1 is 1.44 bits per heavy atom. The molecule has 0 N–H and O–H groups in total. The zero-order valence-electron chi connectivity index (χ0n) is 10.9. The molecule has 1 atom stereocenters. The third-order valence-corrected chi connectivity index (χ3v) is 3.17. The normalized spacial score (nSPS) is 18.1. The fourth-order valence-electron chi connectivity index (χ4n) is 2.37. The largest absolute Gasteiger partial charge is 0.346 e. The number of aromatic nitrogens is 1. The smallest absolute Gasteiger partial charge is 0.218 e. The summed E-state index contributed by atoms with van der Waals surface area (Å²) in [6, 6.07) is 3.94. The van der Waals surface area contributed by atoms with Crippen LogP contribution in [0.15, 0.2) is 18.3 Å². The van der Waals surface area contributed by atoms with Crippen molar-refractivity contribution in [3.63, 3.8) is 0 Å². The van der Waals surface area contributed by atoms with Crippen molar-refractivity contribution >= 4 is 5.78 Å². The first-order valence-electron chi connectivity index (χ1n) is 6.48. The second-order valence-corrected chi connectivity index (χ2v) is 4.28. The average Bonchev–Trinajstić information content (AvgIpc) is 2.81. The van der Waals surface area contributed by atoms with E-state index in [1.54, 1.807) is 6.20 Å². The van der Waals surface area contributed by atoms with Crippen molar-refractivity contribution in [1.29, 1.82) is 0 Å². The highest BCUT2D eigenvalue weighted by molar-refractivity contribution is 5.89. The standard InChI is InChI=1S/C14H19NO3/c1-3-17-14(18-4-2)13(16)11-8-7-10-6-5-9-15-12(10)11/h5-6,9,11,14H,3-4,7-8H2,1-2H3. The van der Waals surface area contributed by atoms with Crippen molar-refractivity contribution in [2.75, 3.05) is 13.2 Å². The van der Waals surface area contributed by atoms with Crippen LogP contribution >= 0.6 is 0 Å². The Kier molecular flexibility index (Phi) is 4.44. The van der Waals surface area contributed by atoms with Crippen molar-refractivity contribution < 1.29 is 14.3 Å². The van der Waals surface area contributed by atoms with Gasteiger partial charge in [-0.25, -0.2) is 0 Å². The lowest BCUT2D eigenvalue weighted by Gasteiger charge is -2.19. The molecule has 0 fully saturated rings. The topological polar surface area (TPSA) is 48.4 Å². The van der Waals surface area contributed by atoms with Gasteiger partial charge < -0.3 is 9.47 Å². The lowest BCUT2D eigenvalue weighted by Crippen LogP contribution is -2.31. The number of carbonyl (C=O) groups is 1. The van der Waals surface area contributed by atoms with Gasteiger partial charge in [-0.3, -0.25) is 9.78 Å². The molecule has 0 aliphatic heterocycles. The van der Waals surface area contributed by atoms with E-state index in [1.165, 1.54) is 5.56 Å².